The first-order valence-corrected chi connectivity index (χ1v) is 7.78. The summed E-state index contributed by atoms with van der Waals surface area (Å²) in [6, 6.07) is 5.45. The monoisotopic (exact) mass is 283 g/mol. The van der Waals surface area contributed by atoms with Crippen molar-refractivity contribution in [2.75, 3.05) is 5.32 Å². The van der Waals surface area contributed by atoms with Gasteiger partial charge in [0, 0.05) is 11.7 Å². The van der Waals surface area contributed by atoms with Crippen LogP contribution in [0.5, 0.6) is 0 Å². The molecule has 0 aliphatic heterocycles. The summed E-state index contributed by atoms with van der Waals surface area (Å²) in [6.07, 6.45) is 8.92. The summed E-state index contributed by atoms with van der Waals surface area (Å²) in [7, 11) is 0. The Balaban J connectivity index is 1.90. The zero-order chi connectivity index (χ0) is 13.7. The molecule has 1 aliphatic rings. The number of rotatable bonds is 4. The fourth-order valence-electron chi connectivity index (χ4n) is 3.04. The molecule has 2 unspecified atom stereocenters. The van der Waals surface area contributed by atoms with Crippen molar-refractivity contribution in [2.24, 2.45) is 5.92 Å². The zero-order valence-electron chi connectivity index (χ0n) is 11.6. The molecule has 0 bridgehead atoms. The van der Waals surface area contributed by atoms with Crippen molar-refractivity contribution in [3.8, 4) is 0 Å². The van der Waals surface area contributed by atoms with Crippen LogP contribution in [0.3, 0.4) is 0 Å². The average Bonchev–Trinajstić information content (AvgIpc) is 2.60. The van der Waals surface area contributed by atoms with Gasteiger partial charge in [-0.3, -0.25) is 0 Å². The van der Waals surface area contributed by atoms with E-state index < -0.39 is 0 Å². The van der Waals surface area contributed by atoms with Crippen LogP contribution in [-0.2, 0) is 0 Å². The summed E-state index contributed by atoms with van der Waals surface area (Å²) in [4.78, 5) is 0. The van der Waals surface area contributed by atoms with Gasteiger partial charge in [0.1, 0.15) is 5.82 Å². The van der Waals surface area contributed by atoms with Crippen molar-refractivity contribution >= 4 is 17.3 Å². The Kier molecular flexibility index (Phi) is 5.50. The van der Waals surface area contributed by atoms with E-state index in [9.17, 15) is 4.39 Å². The predicted molar refractivity (Wildman–Crippen MR) is 80.3 cm³/mol. The molecule has 1 saturated carbocycles. The lowest BCUT2D eigenvalue weighted by molar-refractivity contribution is 0.422. The zero-order valence-corrected chi connectivity index (χ0v) is 12.3. The van der Waals surface area contributed by atoms with E-state index in [2.05, 4.69) is 12.2 Å². The minimum Gasteiger partial charge on any atom is -0.382 e. The van der Waals surface area contributed by atoms with Crippen LogP contribution in [0.25, 0.3) is 0 Å². The molecule has 1 fully saturated rings. The molecule has 0 aromatic heterocycles. The molecule has 0 radical (unpaired) electrons. The SMILES string of the molecule is CCCC1CCCC(Nc2ccc(Cl)c(F)c2)CC1. The second kappa shape index (κ2) is 7.14. The Morgan fingerprint density at radius 3 is 2.84 bits per heavy atom. The Morgan fingerprint density at radius 2 is 2.11 bits per heavy atom. The summed E-state index contributed by atoms with van der Waals surface area (Å²) in [5.41, 5.74) is 0.848. The molecule has 2 rings (SSSR count). The summed E-state index contributed by atoms with van der Waals surface area (Å²) in [5.74, 6) is 0.544. The van der Waals surface area contributed by atoms with E-state index in [4.69, 9.17) is 11.6 Å². The standard InChI is InChI=1S/C16H23ClFN/c1-2-4-12-5-3-6-13(8-7-12)19-14-9-10-15(17)16(18)11-14/h9-13,19H,2-8H2,1H3. The number of benzene rings is 1. The molecular formula is C16H23ClFN. The van der Waals surface area contributed by atoms with Gasteiger partial charge >= 0.3 is 0 Å². The van der Waals surface area contributed by atoms with Crippen LogP contribution < -0.4 is 5.32 Å². The van der Waals surface area contributed by atoms with E-state index >= 15 is 0 Å². The van der Waals surface area contributed by atoms with Gasteiger partial charge in [0.15, 0.2) is 0 Å². The highest BCUT2D eigenvalue weighted by molar-refractivity contribution is 6.30. The van der Waals surface area contributed by atoms with E-state index in [1.54, 1.807) is 6.07 Å². The average molecular weight is 284 g/mol. The summed E-state index contributed by atoms with van der Waals surface area (Å²) < 4.78 is 13.4. The van der Waals surface area contributed by atoms with Crippen molar-refractivity contribution in [3.05, 3.63) is 29.0 Å². The first-order chi connectivity index (χ1) is 9.19. The van der Waals surface area contributed by atoms with Crippen molar-refractivity contribution < 1.29 is 4.39 Å². The fourth-order valence-corrected chi connectivity index (χ4v) is 3.16. The molecule has 1 nitrogen and oxygen atoms in total. The van der Waals surface area contributed by atoms with Crippen LogP contribution in [0, 0.1) is 11.7 Å². The largest absolute Gasteiger partial charge is 0.382 e. The maximum atomic E-state index is 13.4. The second-order valence-corrected chi connectivity index (χ2v) is 6.04. The molecule has 1 aliphatic carbocycles. The van der Waals surface area contributed by atoms with E-state index in [1.807, 2.05) is 6.07 Å². The molecule has 1 aromatic carbocycles. The van der Waals surface area contributed by atoms with Crippen LogP contribution in [0.4, 0.5) is 10.1 Å². The second-order valence-electron chi connectivity index (χ2n) is 5.63. The van der Waals surface area contributed by atoms with Crippen molar-refractivity contribution in [2.45, 2.75) is 57.9 Å². The van der Waals surface area contributed by atoms with Gasteiger partial charge in [-0.05, 0) is 43.4 Å². The molecule has 0 spiro atoms. The molecule has 1 N–H and O–H groups in total. The summed E-state index contributed by atoms with van der Waals surface area (Å²) >= 11 is 5.70. The number of hydrogen-bond donors (Lipinski definition) is 1. The lowest BCUT2D eigenvalue weighted by atomic mass is 9.95. The number of hydrogen-bond acceptors (Lipinski definition) is 1. The molecule has 3 heteroatoms. The van der Waals surface area contributed by atoms with Gasteiger partial charge in [0.25, 0.3) is 0 Å². The summed E-state index contributed by atoms with van der Waals surface area (Å²) in [5, 5.41) is 3.64. The molecule has 0 heterocycles. The van der Waals surface area contributed by atoms with Gasteiger partial charge in [-0.1, -0.05) is 44.2 Å². The van der Waals surface area contributed by atoms with E-state index in [1.165, 1.54) is 51.0 Å². The van der Waals surface area contributed by atoms with Gasteiger partial charge < -0.3 is 5.32 Å². The molecule has 19 heavy (non-hydrogen) atoms. The highest BCUT2D eigenvalue weighted by Crippen LogP contribution is 2.29. The minimum absolute atomic E-state index is 0.189. The van der Waals surface area contributed by atoms with Crippen LogP contribution in [0.1, 0.15) is 51.9 Å². The molecule has 106 valence electrons. The third kappa shape index (κ3) is 4.38. The number of halogens is 2. The van der Waals surface area contributed by atoms with Gasteiger partial charge in [-0.15, -0.1) is 0 Å². The summed E-state index contributed by atoms with van der Waals surface area (Å²) in [6.45, 7) is 2.26. The van der Waals surface area contributed by atoms with Crippen LogP contribution >= 0.6 is 11.6 Å². The topological polar surface area (TPSA) is 12.0 Å². The third-order valence-electron chi connectivity index (χ3n) is 4.08. The fraction of sp³-hybridized carbons (Fsp3) is 0.625. The van der Waals surface area contributed by atoms with Crippen LogP contribution in [0.2, 0.25) is 5.02 Å². The minimum atomic E-state index is -0.343. The smallest absolute Gasteiger partial charge is 0.143 e. The Hall–Kier alpha value is -0.760. The lowest BCUT2D eigenvalue weighted by Crippen LogP contribution is -2.18. The first-order valence-electron chi connectivity index (χ1n) is 7.40. The normalized spacial score (nSPS) is 23.9. The molecular weight excluding hydrogens is 261 g/mol. The van der Waals surface area contributed by atoms with Crippen LogP contribution in [0.15, 0.2) is 18.2 Å². The highest BCUT2D eigenvalue weighted by Gasteiger charge is 2.18. The van der Waals surface area contributed by atoms with Crippen molar-refractivity contribution in [1.82, 2.24) is 0 Å². The van der Waals surface area contributed by atoms with Gasteiger partial charge in [0.2, 0.25) is 0 Å². The van der Waals surface area contributed by atoms with Crippen molar-refractivity contribution in [1.29, 1.82) is 0 Å². The molecule has 0 amide bonds. The maximum Gasteiger partial charge on any atom is 0.143 e. The number of anilines is 1. The highest BCUT2D eigenvalue weighted by atomic mass is 35.5. The van der Waals surface area contributed by atoms with E-state index in [0.29, 0.717) is 6.04 Å². The van der Waals surface area contributed by atoms with E-state index in [-0.39, 0.29) is 10.8 Å². The van der Waals surface area contributed by atoms with Gasteiger partial charge in [-0.2, -0.15) is 0 Å². The van der Waals surface area contributed by atoms with Crippen molar-refractivity contribution in [3.63, 3.8) is 0 Å². The number of nitrogens with one attached hydrogen (secondary N) is 1. The Morgan fingerprint density at radius 1 is 1.26 bits per heavy atom. The molecule has 0 saturated heterocycles. The van der Waals surface area contributed by atoms with E-state index in [0.717, 1.165) is 11.6 Å². The molecule has 2 atom stereocenters. The van der Waals surface area contributed by atoms with Crippen LogP contribution in [-0.4, -0.2) is 6.04 Å². The van der Waals surface area contributed by atoms with Gasteiger partial charge in [0.05, 0.1) is 5.02 Å². The predicted octanol–water partition coefficient (Wildman–Crippen LogP) is 5.64. The Bertz CT molecular complexity index is 408. The quantitative estimate of drug-likeness (QED) is 0.705. The lowest BCUT2D eigenvalue weighted by Gasteiger charge is -2.18. The maximum absolute atomic E-state index is 13.4. The van der Waals surface area contributed by atoms with Gasteiger partial charge in [-0.25, -0.2) is 4.39 Å². The first kappa shape index (κ1) is 14.6. The Labute approximate surface area is 120 Å². The molecule has 1 aromatic rings. The third-order valence-corrected chi connectivity index (χ3v) is 4.38.